The van der Waals surface area contributed by atoms with Gasteiger partial charge in [-0.3, -0.25) is 9.59 Å². The maximum Gasteiger partial charge on any atom is 0.291 e. The fourth-order valence-electron chi connectivity index (χ4n) is 2.11. The molecule has 7 heteroatoms. The van der Waals surface area contributed by atoms with Crippen molar-refractivity contribution >= 4 is 33.8 Å². The summed E-state index contributed by atoms with van der Waals surface area (Å²) in [6, 6.07) is 11.4. The van der Waals surface area contributed by atoms with E-state index in [1.807, 2.05) is 0 Å². The third-order valence-corrected chi connectivity index (χ3v) is 4.41. The molecule has 3 rings (SSSR count). The van der Waals surface area contributed by atoms with Crippen LogP contribution >= 0.6 is 11.3 Å². The van der Waals surface area contributed by atoms with Gasteiger partial charge in [-0.2, -0.15) is 0 Å². The van der Waals surface area contributed by atoms with Gasteiger partial charge in [-0.05, 0) is 42.8 Å². The van der Waals surface area contributed by atoms with Crippen molar-refractivity contribution < 1.29 is 19.1 Å². The second-order valence-electron chi connectivity index (χ2n) is 5.03. The van der Waals surface area contributed by atoms with Crippen molar-refractivity contribution in [2.45, 2.75) is 6.92 Å². The van der Waals surface area contributed by atoms with Crippen LogP contribution in [0.1, 0.15) is 25.8 Å². The Labute approximate surface area is 141 Å². The van der Waals surface area contributed by atoms with E-state index in [2.05, 4.69) is 10.6 Å². The average Bonchev–Trinajstić information content (AvgIpc) is 3.19. The van der Waals surface area contributed by atoms with Gasteiger partial charge in [0.05, 0.1) is 21.8 Å². The summed E-state index contributed by atoms with van der Waals surface area (Å²) >= 11 is 1.15. The summed E-state index contributed by atoms with van der Waals surface area (Å²) in [5.41, 5.74) is 1.05. The number of carbonyl (C=O) groups is 2. The van der Waals surface area contributed by atoms with Crippen LogP contribution in [-0.4, -0.2) is 16.9 Å². The third-order valence-electron chi connectivity index (χ3n) is 3.26. The lowest BCUT2D eigenvalue weighted by Crippen LogP contribution is -2.11. The van der Waals surface area contributed by atoms with E-state index in [9.17, 15) is 14.7 Å². The topological polar surface area (TPSA) is 91.6 Å². The van der Waals surface area contributed by atoms with E-state index in [1.165, 1.54) is 12.3 Å². The molecule has 0 spiro atoms. The van der Waals surface area contributed by atoms with Crippen molar-refractivity contribution in [3.63, 3.8) is 0 Å². The number of anilines is 2. The predicted molar refractivity (Wildman–Crippen MR) is 91.8 cm³/mol. The summed E-state index contributed by atoms with van der Waals surface area (Å²) in [4.78, 5) is 24.8. The number of rotatable bonds is 4. The fourth-order valence-corrected chi connectivity index (χ4v) is 3.07. The molecular weight excluding hydrogens is 328 g/mol. The van der Waals surface area contributed by atoms with Crippen molar-refractivity contribution in [3.8, 4) is 5.75 Å². The first-order valence-corrected chi connectivity index (χ1v) is 7.91. The van der Waals surface area contributed by atoms with Crippen LogP contribution in [0, 0.1) is 6.92 Å². The molecule has 0 saturated carbocycles. The number of hydrogen-bond acceptors (Lipinski definition) is 5. The zero-order valence-electron chi connectivity index (χ0n) is 12.7. The van der Waals surface area contributed by atoms with Gasteiger partial charge in [-0.15, -0.1) is 11.3 Å². The molecule has 0 fully saturated rings. The Morgan fingerprint density at radius 1 is 1.08 bits per heavy atom. The molecule has 6 nitrogen and oxygen atoms in total. The summed E-state index contributed by atoms with van der Waals surface area (Å²) in [6.45, 7) is 1.78. The van der Waals surface area contributed by atoms with Gasteiger partial charge in [-0.1, -0.05) is 12.1 Å². The van der Waals surface area contributed by atoms with E-state index < -0.39 is 0 Å². The molecule has 0 radical (unpaired) electrons. The summed E-state index contributed by atoms with van der Waals surface area (Å²) in [7, 11) is 0. The van der Waals surface area contributed by atoms with Crippen LogP contribution < -0.4 is 10.6 Å². The van der Waals surface area contributed by atoms with Gasteiger partial charge in [0.1, 0.15) is 5.75 Å². The monoisotopic (exact) mass is 342 g/mol. The molecule has 2 amide bonds. The number of aryl methyl sites for hydroxylation is 1. The van der Waals surface area contributed by atoms with Gasteiger partial charge in [0, 0.05) is 0 Å². The maximum atomic E-state index is 12.4. The molecule has 2 heterocycles. The zero-order valence-corrected chi connectivity index (χ0v) is 13.5. The minimum atomic E-state index is -0.381. The van der Waals surface area contributed by atoms with Crippen LogP contribution in [-0.2, 0) is 0 Å². The van der Waals surface area contributed by atoms with Crippen LogP contribution in [0.15, 0.2) is 53.1 Å². The van der Waals surface area contributed by atoms with E-state index in [0.717, 1.165) is 16.9 Å². The highest BCUT2D eigenvalue weighted by atomic mass is 32.1. The molecule has 24 heavy (non-hydrogen) atoms. The summed E-state index contributed by atoms with van der Waals surface area (Å²) in [5.74, 6) is -0.543. The standard InChI is InChI=1S/C17H14N2O4S/c1-10-9-14(19-16(21)13-7-4-8-23-13)24-15(10)17(22)18-11-5-2-3-6-12(11)20/h2-9,20H,1H3,(H,18,22)(H,19,21). The van der Waals surface area contributed by atoms with Crippen LogP contribution in [0.3, 0.4) is 0 Å². The van der Waals surface area contributed by atoms with E-state index >= 15 is 0 Å². The highest BCUT2D eigenvalue weighted by Gasteiger charge is 2.17. The fraction of sp³-hybridized carbons (Fsp3) is 0.0588. The van der Waals surface area contributed by atoms with E-state index in [0.29, 0.717) is 15.6 Å². The molecule has 3 aromatic rings. The van der Waals surface area contributed by atoms with Gasteiger partial charge >= 0.3 is 0 Å². The number of thiophene rings is 1. The minimum Gasteiger partial charge on any atom is -0.506 e. The molecule has 0 aliphatic rings. The Morgan fingerprint density at radius 2 is 1.88 bits per heavy atom. The van der Waals surface area contributed by atoms with Crippen molar-refractivity contribution in [2.24, 2.45) is 0 Å². The Bertz CT molecular complexity index is 884. The largest absolute Gasteiger partial charge is 0.506 e. The first-order chi connectivity index (χ1) is 11.5. The molecule has 122 valence electrons. The molecule has 0 bridgehead atoms. The second-order valence-corrected chi connectivity index (χ2v) is 6.08. The SMILES string of the molecule is Cc1cc(NC(=O)c2ccco2)sc1C(=O)Nc1ccccc1O. The zero-order chi connectivity index (χ0) is 17.1. The number of phenolic OH excluding ortho intramolecular Hbond substituents is 1. The molecular formula is C17H14N2O4S. The van der Waals surface area contributed by atoms with Crippen molar-refractivity contribution in [3.05, 3.63) is 64.9 Å². The molecule has 0 aliphatic carbocycles. The van der Waals surface area contributed by atoms with Crippen LogP contribution in [0.5, 0.6) is 5.75 Å². The quantitative estimate of drug-likeness (QED) is 0.628. The Morgan fingerprint density at radius 3 is 2.58 bits per heavy atom. The molecule has 1 aromatic carbocycles. The molecule has 0 aliphatic heterocycles. The number of para-hydroxylation sites is 2. The van der Waals surface area contributed by atoms with Gasteiger partial charge in [0.2, 0.25) is 0 Å². The molecule has 3 N–H and O–H groups in total. The number of nitrogens with one attached hydrogen (secondary N) is 2. The average molecular weight is 342 g/mol. The molecule has 0 saturated heterocycles. The second kappa shape index (κ2) is 6.59. The van der Waals surface area contributed by atoms with E-state index in [4.69, 9.17) is 4.42 Å². The number of furan rings is 1. The van der Waals surface area contributed by atoms with Gasteiger partial charge < -0.3 is 20.2 Å². The molecule has 2 aromatic heterocycles. The van der Waals surface area contributed by atoms with E-state index in [-0.39, 0.29) is 23.3 Å². The summed E-state index contributed by atoms with van der Waals surface area (Å²) < 4.78 is 5.03. The Hall–Kier alpha value is -3.06. The highest BCUT2D eigenvalue weighted by Crippen LogP contribution is 2.29. The molecule has 0 unspecified atom stereocenters. The lowest BCUT2D eigenvalue weighted by Gasteiger charge is -2.06. The number of carbonyl (C=O) groups excluding carboxylic acids is 2. The van der Waals surface area contributed by atoms with Gasteiger partial charge in [0.25, 0.3) is 11.8 Å². The number of benzene rings is 1. The van der Waals surface area contributed by atoms with E-state index in [1.54, 1.807) is 43.3 Å². The molecule has 0 atom stereocenters. The lowest BCUT2D eigenvalue weighted by molar-refractivity contribution is 0.0995. The number of amides is 2. The van der Waals surface area contributed by atoms with Gasteiger partial charge in [-0.25, -0.2) is 0 Å². The number of aromatic hydroxyl groups is 1. The van der Waals surface area contributed by atoms with Crippen LogP contribution in [0.2, 0.25) is 0 Å². The number of phenols is 1. The van der Waals surface area contributed by atoms with Crippen LogP contribution in [0.4, 0.5) is 10.7 Å². The summed E-state index contributed by atoms with van der Waals surface area (Å²) in [6.07, 6.45) is 1.42. The normalized spacial score (nSPS) is 10.4. The third kappa shape index (κ3) is 3.31. The first kappa shape index (κ1) is 15.8. The van der Waals surface area contributed by atoms with Gasteiger partial charge in [0.15, 0.2) is 5.76 Å². The Kier molecular flexibility index (Phi) is 4.35. The smallest absolute Gasteiger partial charge is 0.291 e. The Balaban J connectivity index is 1.75. The first-order valence-electron chi connectivity index (χ1n) is 7.09. The van der Waals surface area contributed by atoms with Crippen molar-refractivity contribution in [1.82, 2.24) is 0 Å². The summed E-state index contributed by atoms with van der Waals surface area (Å²) in [5, 5.41) is 15.6. The van der Waals surface area contributed by atoms with Crippen LogP contribution in [0.25, 0.3) is 0 Å². The predicted octanol–water partition coefficient (Wildman–Crippen LogP) is 3.86. The van der Waals surface area contributed by atoms with Crippen molar-refractivity contribution in [1.29, 1.82) is 0 Å². The van der Waals surface area contributed by atoms with Crippen molar-refractivity contribution in [2.75, 3.05) is 10.6 Å². The minimum absolute atomic E-state index is 0.00796. The lowest BCUT2D eigenvalue weighted by atomic mass is 10.2. The maximum absolute atomic E-state index is 12.4. The number of hydrogen-bond donors (Lipinski definition) is 3. The highest BCUT2D eigenvalue weighted by molar-refractivity contribution is 7.18.